The summed E-state index contributed by atoms with van der Waals surface area (Å²) in [5.74, 6) is -0.261. The van der Waals surface area contributed by atoms with Gasteiger partial charge in [0.25, 0.3) is 11.1 Å². The number of nitrogens with one attached hydrogen (secondary N) is 1. The Bertz CT molecular complexity index is 805. The Balaban J connectivity index is 1.47. The molecule has 2 aromatic heterocycles. The Labute approximate surface area is 146 Å². The molecule has 5 nitrogen and oxygen atoms in total. The first-order chi connectivity index (χ1) is 11.7. The molecule has 0 saturated heterocycles. The van der Waals surface area contributed by atoms with Crippen LogP contribution in [0.4, 0.5) is 4.39 Å². The second-order valence-corrected chi connectivity index (χ2v) is 6.78. The van der Waals surface area contributed by atoms with E-state index in [1.807, 2.05) is 17.5 Å². The Morgan fingerprint density at radius 1 is 1.25 bits per heavy atom. The molecule has 0 unspecified atom stereocenters. The lowest BCUT2D eigenvalue weighted by atomic mass is 10.2. The molecule has 0 aliphatic heterocycles. The van der Waals surface area contributed by atoms with Crippen molar-refractivity contribution in [3.63, 3.8) is 0 Å². The van der Waals surface area contributed by atoms with E-state index in [-0.39, 0.29) is 28.3 Å². The monoisotopic (exact) mass is 363 g/mol. The Morgan fingerprint density at radius 3 is 2.92 bits per heavy atom. The van der Waals surface area contributed by atoms with Gasteiger partial charge in [-0.1, -0.05) is 30.0 Å². The fraction of sp³-hybridized carbons (Fsp3) is 0.188. The van der Waals surface area contributed by atoms with E-state index in [0.717, 1.165) is 18.2 Å². The number of aromatic nitrogens is 2. The second kappa shape index (κ2) is 8.07. The van der Waals surface area contributed by atoms with Crippen molar-refractivity contribution in [2.24, 2.45) is 0 Å². The van der Waals surface area contributed by atoms with Crippen LogP contribution in [-0.2, 0) is 11.2 Å². The van der Waals surface area contributed by atoms with Crippen molar-refractivity contribution in [3.05, 3.63) is 52.5 Å². The third-order valence-corrected chi connectivity index (χ3v) is 4.87. The van der Waals surface area contributed by atoms with Gasteiger partial charge in [0, 0.05) is 11.4 Å². The molecule has 1 N–H and O–H groups in total. The van der Waals surface area contributed by atoms with Crippen LogP contribution in [0, 0.1) is 5.82 Å². The van der Waals surface area contributed by atoms with Gasteiger partial charge >= 0.3 is 0 Å². The van der Waals surface area contributed by atoms with E-state index in [2.05, 4.69) is 15.5 Å². The van der Waals surface area contributed by atoms with Crippen molar-refractivity contribution in [3.8, 4) is 11.5 Å². The van der Waals surface area contributed by atoms with E-state index in [1.54, 1.807) is 29.5 Å². The normalized spacial score (nSPS) is 10.7. The van der Waals surface area contributed by atoms with Crippen LogP contribution in [0.5, 0.6) is 0 Å². The minimum absolute atomic E-state index is 0.105. The molecule has 124 valence electrons. The summed E-state index contributed by atoms with van der Waals surface area (Å²) < 4.78 is 19.0. The predicted molar refractivity (Wildman–Crippen MR) is 91.4 cm³/mol. The molecule has 1 aromatic carbocycles. The van der Waals surface area contributed by atoms with E-state index in [1.165, 1.54) is 10.9 Å². The second-order valence-electron chi connectivity index (χ2n) is 4.82. The highest BCUT2D eigenvalue weighted by Gasteiger charge is 2.13. The van der Waals surface area contributed by atoms with Gasteiger partial charge < -0.3 is 9.73 Å². The van der Waals surface area contributed by atoms with Gasteiger partial charge in [0.2, 0.25) is 5.91 Å². The third-order valence-electron chi connectivity index (χ3n) is 3.11. The number of rotatable bonds is 7. The smallest absolute Gasteiger partial charge is 0.277 e. The first-order valence-electron chi connectivity index (χ1n) is 7.22. The summed E-state index contributed by atoms with van der Waals surface area (Å²) in [6, 6.07) is 10.2. The van der Waals surface area contributed by atoms with E-state index >= 15 is 0 Å². The average Bonchev–Trinajstić information content (AvgIpc) is 3.25. The standard InChI is InChI=1S/C16H14FN3O2S2/c17-13-6-2-1-5-12(13)15-19-20-16(22-15)24-10-14(21)18-8-7-11-4-3-9-23-11/h1-6,9H,7-8,10H2,(H,18,21). The van der Waals surface area contributed by atoms with Crippen LogP contribution in [0.25, 0.3) is 11.5 Å². The number of thiophene rings is 1. The molecular weight excluding hydrogens is 349 g/mol. The number of amides is 1. The molecule has 0 atom stereocenters. The molecule has 0 aliphatic carbocycles. The number of thioether (sulfide) groups is 1. The first kappa shape index (κ1) is 16.7. The van der Waals surface area contributed by atoms with Gasteiger partial charge in [-0.25, -0.2) is 4.39 Å². The van der Waals surface area contributed by atoms with Gasteiger partial charge in [-0.2, -0.15) is 0 Å². The van der Waals surface area contributed by atoms with Crippen LogP contribution >= 0.6 is 23.1 Å². The lowest BCUT2D eigenvalue weighted by Gasteiger charge is -2.02. The maximum Gasteiger partial charge on any atom is 0.277 e. The lowest BCUT2D eigenvalue weighted by molar-refractivity contribution is -0.118. The zero-order valence-corrected chi connectivity index (χ0v) is 14.2. The van der Waals surface area contributed by atoms with Gasteiger partial charge in [-0.05, 0) is 30.0 Å². The molecule has 0 spiro atoms. The molecule has 0 aliphatic rings. The maximum atomic E-state index is 13.7. The highest BCUT2D eigenvalue weighted by Crippen LogP contribution is 2.24. The Hall–Kier alpha value is -2.19. The number of hydrogen-bond acceptors (Lipinski definition) is 6. The largest absolute Gasteiger partial charge is 0.411 e. The predicted octanol–water partition coefficient (Wildman–Crippen LogP) is 3.39. The van der Waals surface area contributed by atoms with Crippen LogP contribution in [-0.4, -0.2) is 28.4 Å². The molecule has 24 heavy (non-hydrogen) atoms. The van der Waals surface area contributed by atoms with E-state index in [4.69, 9.17) is 4.42 Å². The van der Waals surface area contributed by atoms with E-state index < -0.39 is 5.82 Å². The summed E-state index contributed by atoms with van der Waals surface area (Å²) in [5, 5.41) is 12.7. The number of carbonyl (C=O) groups excluding carboxylic acids is 1. The molecule has 1 amide bonds. The number of benzene rings is 1. The van der Waals surface area contributed by atoms with Crippen molar-refractivity contribution in [1.82, 2.24) is 15.5 Å². The van der Waals surface area contributed by atoms with Gasteiger partial charge in [0.1, 0.15) is 5.82 Å². The van der Waals surface area contributed by atoms with Gasteiger partial charge in [0.15, 0.2) is 0 Å². The summed E-state index contributed by atoms with van der Waals surface area (Å²) in [4.78, 5) is 13.0. The van der Waals surface area contributed by atoms with Gasteiger partial charge in [0.05, 0.1) is 11.3 Å². The maximum absolute atomic E-state index is 13.7. The molecule has 0 bridgehead atoms. The summed E-state index contributed by atoms with van der Waals surface area (Å²) >= 11 is 2.79. The van der Waals surface area contributed by atoms with Crippen molar-refractivity contribution < 1.29 is 13.6 Å². The zero-order chi connectivity index (χ0) is 16.8. The number of carbonyl (C=O) groups is 1. The summed E-state index contributed by atoms with van der Waals surface area (Å²) in [7, 11) is 0. The van der Waals surface area contributed by atoms with Crippen molar-refractivity contribution in [1.29, 1.82) is 0 Å². The number of hydrogen-bond donors (Lipinski definition) is 1. The minimum atomic E-state index is -0.427. The van der Waals surface area contributed by atoms with Crippen LogP contribution < -0.4 is 5.32 Å². The molecule has 0 fully saturated rings. The number of nitrogens with zero attached hydrogens (tertiary/aromatic N) is 2. The fourth-order valence-electron chi connectivity index (χ4n) is 1.97. The summed E-state index contributed by atoms with van der Waals surface area (Å²) in [5.41, 5.74) is 0.247. The topological polar surface area (TPSA) is 68.0 Å². The molecule has 3 rings (SSSR count). The fourth-order valence-corrected chi connectivity index (χ4v) is 3.27. The van der Waals surface area contributed by atoms with Crippen LogP contribution in [0.1, 0.15) is 4.88 Å². The van der Waals surface area contributed by atoms with Crippen LogP contribution in [0.2, 0.25) is 0 Å². The van der Waals surface area contributed by atoms with E-state index in [9.17, 15) is 9.18 Å². The number of halogens is 1. The van der Waals surface area contributed by atoms with Gasteiger partial charge in [-0.3, -0.25) is 4.79 Å². The van der Waals surface area contributed by atoms with Crippen LogP contribution in [0.15, 0.2) is 51.4 Å². The highest BCUT2D eigenvalue weighted by molar-refractivity contribution is 7.99. The minimum Gasteiger partial charge on any atom is -0.411 e. The van der Waals surface area contributed by atoms with E-state index in [0.29, 0.717) is 6.54 Å². The quantitative estimate of drug-likeness (QED) is 0.652. The summed E-state index contributed by atoms with van der Waals surface area (Å²) in [6.07, 6.45) is 0.812. The molecule has 0 radical (unpaired) electrons. The van der Waals surface area contributed by atoms with Crippen LogP contribution in [0.3, 0.4) is 0 Å². The third kappa shape index (κ3) is 4.42. The summed E-state index contributed by atoms with van der Waals surface area (Å²) in [6.45, 7) is 0.588. The van der Waals surface area contributed by atoms with Crippen molar-refractivity contribution in [2.45, 2.75) is 11.6 Å². The molecule has 3 aromatic rings. The Kier molecular flexibility index (Phi) is 5.60. The molecule has 2 heterocycles. The molecule has 8 heteroatoms. The average molecular weight is 363 g/mol. The van der Waals surface area contributed by atoms with Crippen molar-refractivity contribution in [2.75, 3.05) is 12.3 Å². The highest BCUT2D eigenvalue weighted by atomic mass is 32.2. The molecular formula is C16H14FN3O2S2. The SMILES string of the molecule is O=C(CSc1nnc(-c2ccccc2F)o1)NCCc1cccs1. The zero-order valence-electron chi connectivity index (χ0n) is 12.6. The van der Waals surface area contributed by atoms with Gasteiger partial charge in [-0.15, -0.1) is 21.5 Å². The lowest BCUT2D eigenvalue weighted by Crippen LogP contribution is -2.27. The first-order valence-corrected chi connectivity index (χ1v) is 9.09. The Morgan fingerprint density at radius 2 is 2.12 bits per heavy atom. The van der Waals surface area contributed by atoms with Crippen molar-refractivity contribution >= 4 is 29.0 Å². The molecule has 0 saturated carbocycles.